The molecular formula is C9H9FINO3. The SMILES string of the molecule is CC(O)Cc1cc(F)c(I)cc1[N+](=O)[O-]. The van der Waals surface area contributed by atoms with Gasteiger partial charge in [-0.1, -0.05) is 0 Å². The van der Waals surface area contributed by atoms with E-state index in [1.165, 1.54) is 13.0 Å². The first kappa shape index (κ1) is 12.3. The van der Waals surface area contributed by atoms with Crippen molar-refractivity contribution in [3.63, 3.8) is 0 Å². The molecule has 6 heteroatoms. The van der Waals surface area contributed by atoms with Crippen LogP contribution in [-0.4, -0.2) is 16.1 Å². The lowest BCUT2D eigenvalue weighted by atomic mass is 10.1. The minimum atomic E-state index is -0.733. The van der Waals surface area contributed by atoms with E-state index in [-0.39, 0.29) is 21.2 Å². The summed E-state index contributed by atoms with van der Waals surface area (Å²) in [5, 5.41) is 19.8. The minimum absolute atomic E-state index is 0.0736. The Hall–Kier alpha value is -0.760. The molecule has 0 saturated carbocycles. The van der Waals surface area contributed by atoms with Crippen LogP contribution in [0.1, 0.15) is 12.5 Å². The summed E-state index contributed by atoms with van der Waals surface area (Å²) in [5.74, 6) is -0.503. The monoisotopic (exact) mass is 325 g/mol. The molecule has 0 fully saturated rings. The van der Waals surface area contributed by atoms with Gasteiger partial charge in [0.25, 0.3) is 5.69 Å². The van der Waals surface area contributed by atoms with E-state index in [0.29, 0.717) is 0 Å². The normalized spacial score (nSPS) is 12.5. The Balaban J connectivity index is 3.22. The molecule has 1 aromatic carbocycles. The zero-order chi connectivity index (χ0) is 11.6. The number of hydrogen-bond donors (Lipinski definition) is 1. The molecule has 15 heavy (non-hydrogen) atoms. The summed E-state index contributed by atoms with van der Waals surface area (Å²) < 4.78 is 13.4. The van der Waals surface area contributed by atoms with E-state index < -0.39 is 16.8 Å². The Morgan fingerprint density at radius 2 is 2.27 bits per heavy atom. The fourth-order valence-electron chi connectivity index (χ4n) is 1.23. The molecule has 0 spiro atoms. The van der Waals surface area contributed by atoms with Crippen molar-refractivity contribution in [2.24, 2.45) is 0 Å². The van der Waals surface area contributed by atoms with Gasteiger partial charge in [-0.3, -0.25) is 10.1 Å². The molecule has 0 aliphatic heterocycles. The number of nitro groups is 1. The molecule has 0 aliphatic rings. The summed E-state index contributed by atoms with van der Waals surface area (Å²) in [6.45, 7) is 1.50. The lowest BCUT2D eigenvalue weighted by Gasteiger charge is -2.06. The zero-order valence-electron chi connectivity index (χ0n) is 7.91. The van der Waals surface area contributed by atoms with E-state index in [9.17, 15) is 14.5 Å². The molecule has 4 nitrogen and oxygen atoms in total. The Morgan fingerprint density at radius 1 is 1.67 bits per heavy atom. The van der Waals surface area contributed by atoms with Crippen LogP contribution in [0.2, 0.25) is 0 Å². The number of aliphatic hydroxyl groups is 1. The Kier molecular flexibility index (Phi) is 3.97. The van der Waals surface area contributed by atoms with E-state index in [2.05, 4.69) is 0 Å². The van der Waals surface area contributed by atoms with Crippen LogP contribution in [-0.2, 0) is 6.42 Å². The largest absolute Gasteiger partial charge is 0.393 e. The summed E-state index contributed by atoms with van der Waals surface area (Å²) >= 11 is 1.69. The van der Waals surface area contributed by atoms with Gasteiger partial charge in [-0.2, -0.15) is 0 Å². The van der Waals surface area contributed by atoms with Gasteiger partial charge in [0.1, 0.15) is 5.82 Å². The zero-order valence-corrected chi connectivity index (χ0v) is 10.1. The molecule has 82 valence electrons. The molecule has 0 bridgehead atoms. The standard InChI is InChI=1S/C9H9FINO3/c1-5(13)2-6-3-7(10)8(11)4-9(6)12(14)15/h3-5,13H,2H2,1H3. The van der Waals surface area contributed by atoms with Crippen molar-refractivity contribution in [2.75, 3.05) is 0 Å². The van der Waals surface area contributed by atoms with Crippen molar-refractivity contribution in [1.29, 1.82) is 0 Å². The Labute approximate surface area is 99.4 Å². The van der Waals surface area contributed by atoms with Gasteiger partial charge in [0.05, 0.1) is 14.6 Å². The van der Waals surface area contributed by atoms with Crippen LogP contribution < -0.4 is 0 Å². The molecule has 0 heterocycles. The van der Waals surface area contributed by atoms with Crippen molar-refractivity contribution in [2.45, 2.75) is 19.4 Å². The number of hydrogen-bond acceptors (Lipinski definition) is 3. The van der Waals surface area contributed by atoms with Gasteiger partial charge in [0.2, 0.25) is 0 Å². The van der Waals surface area contributed by atoms with Gasteiger partial charge in [-0.05, 0) is 35.6 Å². The first-order valence-corrected chi connectivity index (χ1v) is 5.30. The van der Waals surface area contributed by atoms with Gasteiger partial charge >= 0.3 is 0 Å². The number of halogens is 2. The molecule has 1 atom stereocenters. The predicted molar refractivity (Wildman–Crippen MR) is 61.2 cm³/mol. The van der Waals surface area contributed by atoms with Crippen LogP contribution in [0.15, 0.2) is 12.1 Å². The van der Waals surface area contributed by atoms with Crippen LogP contribution in [0.5, 0.6) is 0 Å². The first-order chi connectivity index (χ1) is 6.91. The molecule has 1 rings (SSSR count). The average molecular weight is 325 g/mol. The third-order valence-electron chi connectivity index (χ3n) is 1.83. The second-order valence-corrected chi connectivity index (χ2v) is 4.37. The highest BCUT2D eigenvalue weighted by molar-refractivity contribution is 14.1. The molecule has 0 saturated heterocycles. The van der Waals surface area contributed by atoms with Crippen molar-refractivity contribution in [1.82, 2.24) is 0 Å². The van der Waals surface area contributed by atoms with E-state index >= 15 is 0 Å². The lowest BCUT2D eigenvalue weighted by Crippen LogP contribution is -2.07. The molecule has 1 unspecified atom stereocenters. The Bertz CT molecular complexity index is 395. The third kappa shape index (κ3) is 3.10. The number of benzene rings is 1. The van der Waals surface area contributed by atoms with Crippen LogP contribution in [0.25, 0.3) is 0 Å². The summed E-state index contributed by atoms with van der Waals surface area (Å²) in [6, 6.07) is 2.28. The summed E-state index contributed by atoms with van der Waals surface area (Å²) in [4.78, 5) is 10.1. The van der Waals surface area contributed by atoms with Crippen molar-refractivity contribution < 1.29 is 14.4 Å². The van der Waals surface area contributed by atoms with E-state index in [1.807, 2.05) is 0 Å². The van der Waals surface area contributed by atoms with E-state index in [1.54, 1.807) is 22.6 Å². The van der Waals surface area contributed by atoms with Crippen molar-refractivity contribution in [3.05, 3.63) is 37.2 Å². The van der Waals surface area contributed by atoms with Gasteiger partial charge in [0.15, 0.2) is 0 Å². The van der Waals surface area contributed by atoms with E-state index in [4.69, 9.17) is 5.11 Å². The van der Waals surface area contributed by atoms with E-state index in [0.717, 1.165) is 6.07 Å². The second-order valence-electron chi connectivity index (χ2n) is 3.21. The maximum atomic E-state index is 13.2. The van der Waals surface area contributed by atoms with Gasteiger partial charge in [-0.25, -0.2) is 4.39 Å². The maximum absolute atomic E-state index is 13.2. The molecule has 0 amide bonds. The average Bonchev–Trinajstić information content (AvgIpc) is 2.09. The molecule has 1 N–H and O–H groups in total. The summed E-state index contributed by atoms with van der Waals surface area (Å²) in [5.41, 5.74) is 0.0645. The molecule has 0 aromatic heterocycles. The van der Waals surface area contributed by atoms with Crippen LogP contribution in [0, 0.1) is 19.5 Å². The van der Waals surface area contributed by atoms with Gasteiger partial charge in [0, 0.05) is 18.1 Å². The fourth-order valence-corrected chi connectivity index (χ4v) is 1.68. The second kappa shape index (κ2) is 4.84. The molecule has 0 aliphatic carbocycles. The van der Waals surface area contributed by atoms with Crippen LogP contribution in [0.3, 0.4) is 0 Å². The minimum Gasteiger partial charge on any atom is -0.393 e. The maximum Gasteiger partial charge on any atom is 0.273 e. The van der Waals surface area contributed by atoms with Crippen molar-refractivity contribution >= 4 is 28.3 Å². The third-order valence-corrected chi connectivity index (χ3v) is 2.66. The predicted octanol–water partition coefficient (Wildman–Crippen LogP) is 2.26. The van der Waals surface area contributed by atoms with Crippen LogP contribution >= 0.6 is 22.6 Å². The highest BCUT2D eigenvalue weighted by atomic mass is 127. The van der Waals surface area contributed by atoms with Crippen LogP contribution in [0.4, 0.5) is 10.1 Å². The Morgan fingerprint density at radius 3 is 2.73 bits per heavy atom. The summed E-state index contributed by atoms with van der Waals surface area (Å²) in [7, 11) is 0. The molecular weight excluding hydrogens is 316 g/mol. The smallest absolute Gasteiger partial charge is 0.273 e. The topological polar surface area (TPSA) is 63.4 Å². The number of nitrogens with zero attached hydrogens (tertiary/aromatic N) is 1. The number of rotatable bonds is 3. The lowest BCUT2D eigenvalue weighted by molar-refractivity contribution is -0.385. The number of nitro benzene ring substituents is 1. The highest BCUT2D eigenvalue weighted by Gasteiger charge is 2.18. The van der Waals surface area contributed by atoms with Gasteiger partial charge < -0.3 is 5.11 Å². The molecule has 1 aromatic rings. The quantitative estimate of drug-likeness (QED) is 0.527. The number of aliphatic hydroxyl groups excluding tert-OH is 1. The fraction of sp³-hybridized carbons (Fsp3) is 0.333. The first-order valence-electron chi connectivity index (χ1n) is 4.22. The van der Waals surface area contributed by atoms with Gasteiger partial charge in [-0.15, -0.1) is 0 Å². The summed E-state index contributed by atoms with van der Waals surface area (Å²) in [6.07, 6.45) is -0.660. The molecule has 0 radical (unpaired) electrons. The van der Waals surface area contributed by atoms with Crippen molar-refractivity contribution in [3.8, 4) is 0 Å². The highest BCUT2D eigenvalue weighted by Crippen LogP contribution is 2.25.